The number of rotatable bonds is 7. The third-order valence-electron chi connectivity index (χ3n) is 4.41. The van der Waals surface area contributed by atoms with Crippen LogP contribution in [0.1, 0.15) is 54.4 Å². The van der Waals surface area contributed by atoms with E-state index in [9.17, 15) is 4.79 Å². The van der Waals surface area contributed by atoms with Crippen LogP contribution in [-0.4, -0.2) is 5.78 Å². The number of nitrogens with two attached hydrogens (primary N) is 1. The van der Waals surface area contributed by atoms with Crippen LogP contribution in [0.2, 0.25) is 0 Å². The molecular weight excluding hydrogens is 338 g/mol. The van der Waals surface area contributed by atoms with Crippen molar-refractivity contribution in [2.75, 3.05) is 0 Å². The zero-order valence-electron chi connectivity index (χ0n) is 14.1. The summed E-state index contributed by atoms with van der Waals surface area (Å²) in [7, 11) is 0. The van der Waals surface area contributed by atoms with E-state index in [1.165, 1.54) is 12.8 Å². The fourth-order valence-corrected chi connectivity index (χ4v) is 3.72. The zero-order valence-corrected chi connectivity index (χ0v) is 14.9. The lowest BCUT2D eigenvalue weighted by molar-refractivity contribution is -0.195. The molecule has 6 heteroatoms. The van der Waals surface area contributed by atoms with Gasteiger partial charge in [-0.25, -0.2) is 0 Å². The molecule has 132 valence electrons. The molecule has 0 amide bonds. The molecule has 2 aromatic carbocycles. The highest BCUT2D eigenvalue weighted by Crippen LogP contribution is 2.45. The average molecular weight is 359 g/mol. The van der Waals surface area contributed by atoms with E-state index < -0.39 is 0 Å². The third kappa shape index (κ3) is 4.41. The van der Waals surface area contributed by atoms with Gasteiger partial charge in [0.15, 0.2) is 5.78 Å². The Kier molecular flexibility index (Phi) is 6.09. The van der Waals surface area contributed by atoms with Crippen LogP contribution in [0.25, 0.3) is 0 Å². The molecular formula is C19H21NO4S. The van der Waals surface area contributed by atoms with Crippen LogP contribution in [-0.2, 0) is 9.32 Å². The summed E-state index contributed by atoms with van der Waals surface area (Å²) in [5, 5.41) is 0. The lowest BCUT2D eigenvalue weighted by atomic mass is 9.94. The van der Waals surface area contributed by atoms with Crippen LogP contribution < -0.4 is 10.6 Å². The fraction of sp³-hybridized carbons (Fsp3) is 0.316. The summed E-state index contributed by atoms with van der Waals surface area (Å²) in [6.07, 6.45) is 4.55. The third-order valence-corrected chi connectivity index (χ3v) is 5.04. The number of Topliss-reactive ketones (excluding diaryl/α,β-unsaturated/α-hetero) is 1. The van der Waals surface area contributed by atoms with E-state index in [4.69, 9.17) is 15.0 Å². The molecule has 0 unspecified atom stereocenters. The summed E-state index contributed by atoms with van der Waals surface area (Å²) in [4.78, 5) is 16.9. The largest absolute Gasteiger partial charge is 0.456 e. The van der Waals surface area contributed by atoms with Crippen molar-refractivity contribution in [3.63, 3.8) is 0 Å². The summed E-state index contributed by atoms with van der Waals surface area (Å²) in [6.45, 7) is 1.56. The van der Waals surface area contributed by atoms with Crippen molar-refractivity contribution in [2.24, 2.45) is 5.90 Å². The van der Waals surface area contributed by atoms with Crippen molar-refractivity contribution in [1.29, 1.82) is 0 Å². The Hall–Kier alpha value is -1.86. The average Bonchev–Trinajstić information content (AvgIpc) is 3.15. The summed E-state index contributed by atoms with van der Waals surface area (Å²) < 4.78 is 11.0. The zero-order chi connectivity index (χ0) is 17.6. The summed E-state index contributed by atoms with van der Waals surface area (Å²) in [5.74, 6) is 6.79. The number of hydrogen-bond donors (Lipinski definition) is 1. The van der Waals surface area contributed by atoms with Crippen LogP contribution in [0, 0.1) is 0 Å². The molecule has 0 radical (unpaired) electrons. The normalized spacial score (nSPS) is 14.6. The Morgan fingerprint density at radius 2 is 1.88 bits per heavy atom. The lowest BCUT2D eigenvalue weighted by Gasteiger charge is -2.20. The Balaban J connectivity index is 2.07. The van der Waals surface area contributed by atoms with E-state index in [1.54, 1.807) is 13.0 Å². The summed E-state index contributed by atoms with van der Waals surface area (Å²) >= 11 is 0.946. The molecule has 2 N–H and O–H groups in total. The first kappa shape index (κ1) is 17.9. The molecule has 1 fully saturated rings. The molecule has 0 heterocycles. The van der Waals surface area contributed by atoms with Gasteiger partial charge in [-0.05, 0) is 55.5 Å². The maximum absolute atomic E-state index is 12.0. The van der Waals surface area contributed by atoms with E-state index in [1.807, 2.05) is 36.4 Å². The number of benzene rings is 2. The predicted molar refractivity (Wildman–Crippen MR) is 96.4 cm³/mol. The van der Waals surface area contributed by atoms with Gasteiger partial charge in [-0.1, -0.05) is 31.0 Å². The fourth-order valence-electron chi connectivity index (χ4n) is 3.20. The topological polar surface area (TPSA) is 70.8 Å². The molecule has 0 atom stereocenters. The van der Waals surface area contributed by atoms with E-state index >= 15 is 0 Å². The highest BCUT2D eigenvalue weighted by Gasteiger charge is 2.25. The number of hydrogen-bond acceptors (Lipinski definition) is 6. The van der Waals surface area contributed by atoms with Crippen molar-refractivity contribution in [3.05, 3.63) is 53.6 Å². The molecule has 0 aromatic heterocycles. The van der Waals surface area contributed by atoms with Gasteiger partial charge in [-0.3, -0.25) is 4.79 Å². The van der Waals surface area contributed by atoms with E-state index in [0.717, 1.165) is 36.2 Å². The molecule has 0 spiro atoms. The molecule has 25 heavy (non-hydrogen) atoms. The SMILES string of the molecule is CC(=O)c1cc(SOON)c(Oc2ccccc2)c(C2CCCC2)c1. The first-order valence-electron chi connectivity index (χ1n) is 8.31. The van der Waals surface area contributed by atoms with Crippen molar-refractivity contribution in [1.82, 2.24) is 0 Å². The quantitative estimate of drug-likeness (QED) is 0.318. The first-order valence-corrected chi connectivity index (χ1v) is 9.05. The first-order chi connectivity index (χ1) is 12.2. The standard InChI is InChI=1S/C19H21NO4S/c1-13(21)15-11-17(14-7-5-6-8-14)19(18(12-15)25-24-23-20)22-16-9-3-2-4-10-16/h2-4,9-12,14H,5-8,20H2,1H3. The number of para-hydroxylation sites is 1. The van der Waals surface area contributed by atoms with Crippen LogP contribution >= 0.6 is 12.0 Å². The van der Waals surface area contributed by atoms with Gasteiger partial charge in [-0.15, -0.1) is 9.32 Å². The minimum absolute atomic E-state index is 0.000949. The van der Waals surface area contributed by atoms with Crippen molar-refractivity contribution >= 4 is 17.8 Å². The lowest BCUT2D eigenvalue weighted by Crippen LogP contribution is -2.04. The van der Waals surface area contributed by atoms with Crippen molar-refractivity contribution < 1.29 is 18.9 Å². The highest BCUT2D eigenvalue weighted by molar-refractivity contribution is 7.94. The molecule has 3 rings (SSSR count). The van der Waals surface area contributed by atoms with Crippen LogP contribution in [0.4, 0.5) is 0 Å². The van der Waals surface area contributed by atoms with Crippen molar-refractivity contribution in [3.8, 4) is 11.5 Å². The number of carbonyl (C=O) groups is 1. The van der Waals surface area contributed by atoms with Crippen molar-refractivity contribution in [2.45, 2.75) is 43.4 Å². The number of ketones is 1. The molecule has 0 bridgehead atoms. The van der Waals surface area contributed by atoms with Gasteiger partial charge in [-0.2, -0.15) is 5.90 Å². The minimum atomic E-state index is 0.000949. The van der Waals surface area contributed by atoms with Gasteiger partial charge >= 0.3 is 0 Å². The van der Waals surface area contributed by atoms with E-state index in [2.05, 4.69) is 4.99 Å². The monoisotopic (exact) mass is 359 g/mol. The number of ether oxygens (including phenoxy) is 1. The molecule has 2 aromatic rings. The maximum atomic E-state index is 12.0. The molecule has 0 saturated heterocycles. The molecule has 0 aliphatic heterocycles. The molecule has 5 nitrogen and oxygen atoms in total. The Labute approximate surface area is 151 Å². The van der Waals surface area contributed by atoms with Crippen LogP contribution in [0.15, 0.2) is 47.4 Å². The van der Waals surface area contributed by atoms with Gasteiger partial charge < -0.3 is 4.74 Å². The van der Waals surface area contributed by atoms with Gasteiger partial charge in [0.1, 0.15) is 11.5 Å². The Bertz CT molecular complexity index is 730. The van der Waals surface area contributed by atoms with Gasteiger partial charge in [0.05, 0.1) is 16.9 Å². The van der Waals surface area contributed by atoms with Gasteiger partial charge in [0, 0.05) is 5.56 Å². The highest BCUT2D eigenvalue weighted by atomic mass is 32.2. The Morgan fingerprint density at radius 1 is 1.16 bits per heavy atom. The van der Waals surface area contributed by atoms with Crippen LogP contribution in [0.3, 0.4) is 0 Å². The molecule has 1 aliphatic rings. The maximum Gasteiger partial charge on any atom is 0.159 e. The second-order valence-corrected chi connectivity index (χ2v) is 6.84. The second-order valence-electron chi connectivity index (χ2n) is 6.09. The van der Waals surface area contributed by atoms with Gasteiger partial charge in [0.2, 0.25) is 0 Å². The van der Waals surface area contributed by atoms with Crippen LogP contribution in [0.5, 0.6) is 11.5 Å². The summed E-state index contributed by atoms with van der Waals surface area (Å²) in [6, 6.07) is 13.3. The van der Waals surface area contributed by atoms with Gasteiger partial charge in [0.25, 0.3) is 0 Å². The predicted octanol–water partition coefficient (Wildman–Crippen LogP) is 5.17. The summed E-state index contributed by atoms with van der Waals surface area (Å²) in [5.41, 5.74) is 1.67. The Morgan fingerprint density at radius 3 is 2.52 bits per heavy atom. The van der Waals surface area contributed by atoms with E-state index in [0.29, 0.717) is 22.1 Å². The molecule has 1 aliphatic carbocycles. The molecule has 1 saturated carbocycles. The second kappa shape index (κ2) is 8.49. The minimum Gasteiger partial charge on any atom is -0.456 e. The smallest absolute Gasteiger partial charge is 0.159 e. The van der Waals surface area contributed by atoms with E-state index in [-0.39, 0.29) is 5.78 Å². The number of carbonyl (C=O) groups excluding carboxylic acids is 1.